The summed E-state index contributed by atoms with van der Waals surface area (Å²) in [5.74, 6) is 1.96. The molecule has 0 spiro atoms. The maximum absolute atomic E-state index is 12.8. The van der Waals surface area contributed by atoms with Gasteiger partial charge in [-0.15, -0.1) is 12.4 Å². The fourth-order valence-electron chi connectivity index (χ4n) is 3.40. The molecule has 1 aromatic carbocycles. The lowest BCUT2D eigenvalue weighted by Crippen LogP contribution is -2.34. The van der Waals surface area contributed by atoms with Crippen LogP contribution in [0.5, 0.6) is 17.2 Å². The van der Waals surface area contributed by atoms with Gasteiger partial charge in [0.1, 0.15) is 0 Å². The highest BCUT2D eigenvalue weighted by Gasteiger charge is 2.40. The second-order valence-corrected chi connectivity index (χ2v) is 6.76. The van der Waals surface area contributed by atoms with Crippen molar-refractivity contribution in [3.63, 3.8) is 0 Å². The minimum Gasteiger partial charge on any atom is -0.493 e. The number of halogens is 1. The number of carbonyl (C=O) groups excluding carboxylic acids is 1. The molecule has 0 heterocycles. The van der Waals surface area contributed by atoms with Gasteiger partial charge in [-0.1, -0.05) is 6.92 Å². The number of methoxy groups -OCH3 is 3. The molecule has 0 amide bonds. The lowest BCUT2D eigenvalue weighted by Gasteiger charge is -2.25. The zero-order chi connectivity index (χ0) is 17.9. The summed E-state index contributed by atoms with van der Waals surface area (Å²) < 4.78 is 16.1. The van der Waals surface area contributed by atoms with E-state index in [0.29, 0.717) is 17.2 Å². The average molecular weight is 370 g/mol. The first-order valence-electron chi connectivity index (χ1n) is 8.04. The summed E-state index contributed by atoms with van der Waals surface area (Å²) in [4.78, 5) is 14.9. The van der Waals surface area contributed by atoms with Crippen molar-refractivity contribution in [3.8, 4) is 17.2 Å². The molecule has 140 valence electrons. The quantitative estimate of drug-likeness (QED) is 0.719. The van der Waals surface area contributed by atoms with Crippen molar-refractivity contribution < 1.29 is 19.0 Å². The average Bonchev–Trinajstić information content (AvgIpc) is 2.81. The third-order valence-corrected chi connectivity index (χ3v) is 4.48. The Balaban J connectivity index is 0.00000312. The van der Waals surface area contributed by atoms with Crippen LogP contribution in [0, 0.1) is 5.41 Å². The Bertz CT molecular complexity index is 632. The molecule has 0 aliphatic heterocycles. The Kier molecular flexibility index (Phi) is 7.32. The van der Waals surface area contributed by atoms with Gasteiger partial charge in [-0.05, 0) is 56.3 Å². The molecule has 1 aliphatic rings. The first-order chi connectivity index (χ1) is 11.3. The second kappa shape index (κ2) is 8.59. The van der Waals surface area contributed by atoms with Crippen LogP contribution in [0.1, 0.15) is 25.3 Å². The zero-order valence-corrected chi connectivity index (χ0v) is 16.7. The van der Waals surface area contributed by atoms with E-state index in [1.54, 1.807) is 21.3 Å². The van der Waals surface area contributed by atoms with Gasteiger partial charge in [0, 0.05) is 12.0 Å². The molecule has 1 atom stereocenters. The smallest absolute Gasteiger partial charge is 0.203 e. The molecule has 1 unspecified atom stereocenters. The molecular weight excluding hydrogens is 342 g/mol. The van der Waals surface area contributed by atoms with Gasteiger partial charge in [0.25, 0.3) is 0 Å². The molecule has 5 nitrogen and oxygen atoms in total. The van der Waals surface area contributed by atoms with Crippen LogP contribution < -0.4 is 14.2 Å². The van der Waals surface area contributed by atoms with Crippen molar-refractivity contribution in [2.75, 3.05) is 42.0 Å². The van der Waals surface area contributed by atoms with Crippen molar-refractivity contribution in [3.05, 3.63) is 23.3 Å². The Morgan fingerprint density at radius 1 is 1.12 bits per heavy atom. The van der Waals surface area contributed by atoms with Crippen LogP contribution in [0.25, 0.3) is 6.08 Å². The van der Waals surface area contributed by atoms with Gasteiger partial charge in [0.05, 0.1) is 21.3 Å². The number of Topliss-reactive ketones (excluding diaryl/α,β-unsaturated/α-hetero) is 1. The van der Waals surface area contributed by atoms with Crippen molar-refractivity contribution in [1.82, 2.24) is 4.90 Å². The van der Waals surface area contributed by atoms with Crippen LogP contribution in [0.15, 0.2) is 17.7 Å². The van der Waals surface area contributed by atoms with Crippen molar-refractivity contribution in [2.45, 2.75) is 19.8 Å². The number of carbonyl (C=O) groups is 1. The minimum absolute atomic E-state index is 0. The number of hydrogen-bond acceptors (Lipinski definition) is 5. The molecular formula is C19H28ClNO4. The van der Waals surface area contributed by atoms with Crippen LogP contribution >= 0.6 is 12.4 Å². The molecule has 6 heteroatoms. The molecule has 0 radical (unpaired) electrons. The molecule has 0 aromatic heterocycles. The molecule has 0 bridgehead atoms. The Morgan fingerprint density at radius 3 is 2.12 bits per heavy atom. The normalized spacial score (nSPS) is 21.4. The van der Waals surface area contributed by atoms with Gasteiger partial charge < -0.3 is 19.1 Å². The minimum atomic E-state index is -0.310. The summed E-state index contributed by atoms with van der Waals surface area (Å²) in [6, 6.07) is 3.73. The second-order valence-electron chi connectivity index (χ2n) is 6.76. The van der Waals surface area contributed by atoms with E-state index in [2.05, 4.69) is 4.90 Å². The Hall–Kier alpha value is -1.72. The van der Waals surface area contributed by atoms with E-state index in [0.717, 1.165) is 30.5 Å². The summed E-state index contributed by atoms with van der Waals surface area (Å²) in [7, 11) is 8.75. The van der Waals surface area contributed by atoms with Crippen LogP contribution in [0.2, 0.25) is 0 Å². The van der Waals surface area contributed by atoms with Crippen molar-refractivity contribution in [2.24, 2.45) is 5.41 Å². The summed E-state index contributed by atoms with van der Waals surface area (Å²) in [6.45, 7) is 2.81. The summed E-state index contributed by atoms with van der Waals surface area (Å²) in [5.41, 5.74) is 1.42. The van der Waals surface area contributed by atoms with E-state index in [4.69, 9.17) is 14.2 Å². The Morgan fingerprint density at radius 2 is 1.68 bits per heavy atom. The van der Waals surface area contributed by atoms with Crippen LogP contribution in [0.3, 0.4) is 0 Å². The van der Waals surface area contributed by atoms with Crippen molar-refractivity contribution >= 4 is 24.3 Å². The number of ether oxygens (including phenoxy) is 3. The Labute approximate surface area is 156 Å². The lowest BCUT2D eigenvalue weighted by atomic mass is 9.86. The number of benzene rings is 1. The van der Waals surface area contributed by atoms with Crippen LogP contribution in [0.4, 0.5) is 0 Å². The highest BCUT2D eigenvalue weighted by atomic mass is 35.5. The summed E-state index contributed by atoms with van der Waals surface area (Å²) in [5, 5.41) is 0. The molecule has 1 aliphatic carbocycles. The number of hydrogen-bond donors (Lipinski definition) is 0. The number of ketones is 1. The van der Waals surface area contributed by atoms with E-state index in [1.165, 1.54) is 0 Å². The highest BCUT2D eigenvalue weighted by Crippen LogP contribution is 2.42. The topological polar surface area (TPSA) is 48.0 Å². The van der Waals surface area contributed by atoms with E-state index in [-0.39, 0.29) is 23.6 Å². The SMILES string of the molecule is COc1cc(C=C2CCC(C)(CN(C)C)C2=O)cc(OC)c1OC.Cl. The van der Waals surface area contributed by atoms with E-state index in [1.807, 2.05) is 39.2 Å². The number of allylic oxidation sites excluding steroid dienone is 1. The molecule has 1 fully saturated rings. The third kappa shape index (κ3) is 4.47. The lowest BCUT2D eigenvalue weighted by molar-refractivity contribution is -0.122. The van der Waals surface area contributed by atoms with Gasteiger partial charge in [-0.3, -0.25) is 4.79 Å². The monoisotopic (exact) mass is 369 g/mol. The first-order valence-corrected chi connectivity index (χ1v) is 8.04. The first kappa shape index (κ1) is 21.3. The number of nitrogens with zero attached hydrogens (tertiary/aromatic N) is 1. The fourth-order valence-corrected chi connectivity index (χ4v) is 3.40. The maximum Gasteiger partial charge on any atom is 0.203 e. The predicted octanol–water partition coefficient (Wildman–Crippen LogP) is 3.45. The van der Waals surface area contributed by atoms with E-state index < -0.39 is 0 Å². The molecule has 0 saturated heterocycles. The van der Waals surface area contributed by atoms with Crippen molar-refractivity contribution in [1.29, 1.82) is 0 Å². The fraction of sp³-hybridized carbons (Fsp3) is 0.526. The maximum atomic E-state index is 12.8. The largest absolute Gasteiger partial charge is 0.493 e. The molecule has 2 rings (SSSR count). The van der Waals surface area contributed by atoms with Crippen LogP contribution in [-0.4, -0.2) is 52.7 Å². The van der Waals surface area contributed by atoms with Gasteiger partial charge >= 0.3 is 0 Å². The molecule has 1 saturated carbocycles. The third-order valence-electron chi connectivity index (χ3n) is 4.48. The molecule has 0 N–H and O–H groups in total. The zero-order valence-electron chi connectivity index (χ0n) is 15.8. The standard InChI is InChI=1S/C19H27NO4.ClH/c1-19(12-20(2)3)8-7-14(18(19)21)9-13-10-15(22-4)17(24-6)16(11-13)23-5;/h9-11H,7-8,12H2,1-6H3;1H. The highest BCUT2D eigenvalue weighted by molar-refractivity contribution is 6.05. The predicted molar refractivity (Wildman–Crippen MR) is 102 cm³/mol. The number of rotatable bonds is 6. The summed E-state index contributed by atoms with van der Waals surface area (Å²) >= 11 is 0. The van der Waals surface area contributed by atoms with Gasteiger partial charge in [-0.2, -0.15) is 0 Å². The summed E-state index contributed by atoms with van der Waals surface area (Å²) in [6.07, 6.45) is 3.60. The molecule has 1 aromatic rings. The van der Waals surface area contributed by atoms with E-state index >= 15 is 0 Å². The van der Waals surface area contributed by atoms with Gasteiger partial charge in [-0.25, -0.2) is 0 Å². The van der Waals surface area contributed by atoms with Crippen LogP contribution in [-0.2, 0) is 4.79 Å². The van der Waals surface area contributed by atoms with Gasteiger partial charge in [0.2, 0.25) is 5.75 Å². The molecule has 25 heavy (non-hydrogen) atoms. The van der Waals surface area contributed by atoms with E-state index in [9.17, 15) is 4.79 Å². The van der Waals surface area contributed by atoms with Gasteiger partial charge in [0.15, 0.2) is 17.3 Å².